The van der Waals surface area contributed by atoms with Crippen molar-refractivity contribution in [2.24, 2.45) is 0 Å². The molecule has 1 unspecified atom stereocenters. The maximum absolute atomic E-state index is 11.8. The summed E-state index contributed by atoms with van der Waals surface area (Å²) in [5, 5.41) is 2.58. The Kier molecular flexibility index (Phi) is 7.21. The Morgan fingerprint density at radius 1 is 1.47 bits per heavy atom. The Balaban J connectivity index is 4.17. The van der Waals surface area contributed by atoms with Gasteiger partial charge >= 0.3 is 0 Å². The van der Waals surface area contributed by atoms with Crippen molar-refractivity contribution in [2.45, 2.75) is 32.7 Å². The zero-order valence-electron chi connectivity index (χ0n) is 9.62. The minimum absolute atomic E-state index is 0.0753. The molecule has 2 amide bonds. The topological polar surface area (TPSA) is 49.4 Å². The van der Waals surface area contributed by atoms with Crippen LogP contribution in [0.2, 0.25) is 0 Å². The number of nitrogens with one attached hydrogen (secondary N) is 1. The fourth-order valence-corrected chi connectivity index (χ4v) is 1.45. The van der Waals surface area contributed by atoms with Crippen molar-refractivity contribution < 1.29 is 9.59 Å². The minimum Gasteiger partial charge on any atom is -0.344 e. The monoisotopic (exact) mass is 232 g/mol. The lowest BCUT2D eigenvalue weighted by molar-refractivity contribution is -0.134. The Hall–Kier alpha value is -0.710. The normalized spacial score (nSPS) is 12.0. The molecule has 0 aromatic rings. The van der Waals surface area contributed by atoms with Crippen molar-refractivity contribution in [1.29, 1.82) is 0 Å². The highest BCUT2D eigenvalue weighted by molar-refractivity contribution is 7.80. The van der Waals surface area contributed by atoms with Crippen molar-refractivity contribution in [1.82, 2.24) is 10.2 Å². The van der Waals surface area contributed by atoms with Gasteiger partial charge in [-0.1, -0.05) is 13.3 Å². The maximum atomic E-state index is 11.8. The molecule has 88 valence electrons. The molecule has 0 radical (unpaired) electrons. The van der Waals surface area contributed by atoms with E-state index in [0.717, 1.165) is 19.4 Å². The predicted octanol–water partition coefficient (Wildman–Crippen LogP) is 0.679. The lowest BCUT2D eigenvalue weighted by Gasteiger charge is -2.22. The number of hydrogen-bond donors (Lipinski definition) is 2. The van der Waals surface area contributed by atoms with Crippen LogP contribution in [-0.4, -0.2) is 42.1 Å². The molecule has 0 spiro atoms. The van der Waals surface area contributed by atoms with Gasteiger partial charge in [0.05, 0.1) is 0 Å². The van der Waals surface area contributed by atoms with Gasteiger partial charge in [-0.05, 0) is 6.42 Å². The number of carbonyl (C=O) groups excluding carboxylic acids is 2. The highest BCUT2D eigenvalue weighted by Gasteiger charge is 2.20. The van der Waals surface area contributed by atoms with E-state index in [9.17, 15) is 9.59 Å². The SMILES string of the molecule is CCCCN(C)C(=O)C(CS)NC(C)=O. The summed E-state index contributed by atoms with van der Waals surface area (Å²) >= 11 is 4.05. The van der Waals surface area contributed by atoms with E-state index in [0.29, 0.717) is 5.75 Å². The molecule has 0 saturated heterocycles. The highest BCUT2D eigenvalue weighted by Crippen LogP contribution is 1.98. The lowest BCUT2D eigenvalue weighted by Crippen LogP contribution is -2.48. The number of rotatable bonds is 6. The first-order valence-electron chi connectivity index (χ1n) is 5.15. The third-order valence-electron chi connectivity index (χ3n) is 2.08. The minimum atomic E-state index is -0.507. The van der Waals surface area contributed by atoms with Gasteiger partial charge in [0.2, 0.25) is 11.8 Å². The molecular weight excluding hydrogens is 212 g/mol. The van der Waals surface area contributed by atoms with E-state index < -0.39 is 6.04 Å². The van der Waals surface area contributed by atoms with Gasteiger partial charge in [0, 0.05) is 26.3 Å². The maximum Gasteiger partial charge on any atom is 0.245 e. The number of likely N-dealkylation sites (N-methyl/N-ethyl adjacent to an activating group) is 1. The van der Waals surface area contributed by atoms with Crippen molar-refractivity contribution in [2.75, 3.05) is 19.3 Å². The second-order valence-corrected chi connectivity index (χ2v) is 3.91. The van der Waals surface area contributed by atoms with E-state index in [2.05, 4.69) is 24.9 Å². The van der Waals surface area contributed by atoms with E-state index in [1.807, 2.05) is 0 Å². The second kappa shape index (κ2) is 7.56. The van der Waals surface area contributed by atoms with Gasteiger partial charge in [0.1, 0.15) is 6.04 Å². The summed E-state index contributed by atoms with van der Waals surface area (Å²) in [6.07, 6.45) is 2.02. The van der Waals surface area contributed by atoms with E-state index in [-0.39, 0.29) is 11.8 Å². The van der Waals surface area contributed by atoms with Crippen LogP contribution < -0.4 is 5.32 Å². The summed E-state index contributed by atoms with van der Waals surface area (Å²) in [6, 6.07) is -0.507. The standard InChI is InChI=1S/C10H20N2O2S/c1-4-5-6-12(3)10(14)9(7-15)11-8(2)13/h9,15H,4-7H2,1-3H3,(H,11,13). The first kappa shape index (κ1) is 14.3. The van der Waals surface area contributed by atoms with Gasteiger partial charge in [0.15, 0.2) is 0 Å². The summed E-state index contributed by atoms with van der Waals surface area (Å²) in [5.41, 5.74) is 0. The van der Waals surface area contributed by atoms with Crippen LogP contribution in [-0.2, 0) is 9.59 Å². The van der Waals surface area contributed by atoms with Crippen LogP contribution in [0.25, 0.3) is 0 Å². The number of thiol groups is 1. The van der Waals surface area contributed by atoms with Crippen LogP contribution >= 0.6 is 12.6 Å². The molecule has 0 bridgehead atoms. The Bertz CT molecular complexity index is 221. The molecule has 15 heavy (non-hydrogen) atoms. The molecule has 0 fully saturated rings. The number of nitrogens with zero attached hydrogens (tertiary/aromatic N) is 1. The van der Waals surface area contributed by atoms with E-state index in [1.54, 1.807) is 11.9 Å². The van der Waals surface area contributed by atoms with Gasteiger partial charge in [-0.3, -0.25) is 9.59 Å². The molecule has 0 heterocycles. The average Bonchev–Trinajstić information content (AvgIpc) is 2.21. The van der Waals surface area contributed by atoms with Gasteiger partial charge in [-0.2, -0.15) is 12.6 Å². The van der Waals surface area contributed by atoms with Gasteiger partial charge in [-0.25, -0.2) is 0 Å². The van der Waals surface area contributed by atoms with Crippen LogP contribution in [0.5, 0.6) is 0 Å². The molecule has 4 nitrogen and oxygen atoms in total. The van der Waals surface area contributed by atoms with Crippen molar-refractivity contribution >= 4 is 24.4 Å². The van der Waals surface area contributed by atoms with Crippen molar-refractivity contribution in [3.05, 3.63) is 0 Å². The fraction of sp³-hybridized carbons (Fsp3) is 0.800. The molecule has 1 atom stereocenters. The third kappa shape index (κ3) is 5.67. The van der Waals surface area contributed by atoms with E-state index in [1.165, 1.54) is 6.92 Å². The van der Waals surface area contributed by atoms with E-state index >= 15 is 0 Å². The summed E-state index contributed by atoms with van der Waals surface area (Å²) in [5.74, 6) is 0.0504. The lowest BCUT2D eigenvalue weighted by atomic mass is 10.2. The first-order chi connectivity index (χ1) is 7.02. The number of carbonyl (C=O) groups is 2. The largest absolute Gasteiger partial charge is 0.344 e. The third-order valence-corrected chi connectivity index (χ3v) is 2.45. The second-order valence-electron chi connectivity index (χ2n) is 3.55. The summed E-state index contributed by atoms with van der Waals surface area (Å²) < 4.78 is 0. The van der Waals surface area contributed by atoms with Gasteiger partial charge in [0.25, 0.3) is 0 Å². The average molecular weight is 232 g/mol. The quantitative estimate of drug-likeness (QED) is 0.662. The molecule has 0 aliphatic carbocycles. The number of amides is 2. The van der Waals surface area contributed by atoms with E-state index in [4.69, 9.17) is 0 Å². The number of unbranched alkanes of at least 4 members (excludes halogenated alkanes) is 1. The smallest absolute Gasteiger partial charge is 0.245 e. The van der Waals surface area contributed by atoms with Crippen LogP contribution in [0, 0.1) is 0 Å². The molecule has 0 aromatic heterocycles. The number of hydrogen-bond acceptors (Lipinski definition) is 3. The zero-order valence-corrected chi connectivity index (χ0v) is 10.5. The molecule has 5 heteroatoms. The Morgan fingerprint density at radius 2 is 2.07 bits per heavy atom. The molecule has 0 aromatic carbocycles. The Labute approximate surface area is 96.8 Å². The first-order valence-corrected chi connectivity index (χ1v) is 5.79. The summed E-state index contributed by atoms with van der Waals surface area (Å²) in [4.78, 5) is 24.3. The van der Waals surface area contributed by atoms with Crippen molar-refractivity contribution in [3.63, 3.8) is 0 Å². The predicted molar refractivity (Wildman–Crippen MR) is 64.0 cm³/mol. The fourth-order valence-electron chi connectivity index (χ4n) is 1.20. The highest BCUT2D eigenvalue weighted by atomic mass is 32.1. The molecule has 0 aliphatic rings. The van der Waals surface area contributed by atoms with Gasteiger partial charge in [-0.15, -0.1) is 0 Å². The van der Waals surface area contributed by atoms with Crippen LogP contribution in [0.3, 0.4) is 0 Å². The summed E-state index contributed by atoms with van der Waals surface area (Å²) in [6.45, 7) is 4.19. The molecule has 0 rings (SSSR count). The molecule has 0 saturated carbocycles. The Morgan fingerprint density at radius 3 is 2.47 bits per heavy atom. The van der Waals surface area contributed by atoms with Crippen LogP contribution in [0.1, 0.15) is 26.7 Å². The van der Waals surface area contributed by atoms with Crippen LogP contribution in [0.4, 0.5) is 0 Å². The summed E-state index contributed by atoms with van der Waals surface area (Å²) in [7, 11) is 1.75. The zero-order chi connectivity index (χ0) is 11.8. The molecule has 0 aliphatic heterocycles. The molecule has 1 N–H and O–H groups in total. The van der Waals surface area contributed by atoms with Crippen molar-refractivity contribution in [3.8, 4) is 0 Å². The van der Waals surface area contributed by atoms with Gasteiger partial charge < -0.3 is 10.2 Å². The van der Waals surface area contributed by atoms with Crippen LogP contribution in [0.15, 0.2) is 0 Å². The molecular formula is C10H20N2O2S.